The molecular weight excluding hydrogens is 346 g/mol. The Morgan fingerprint density at radius 3 is 2.85 bits per heavy atom. The Balaban J connectivity index is 1.50. The monoisotopic (exact) mass is 363 g/mol. The fourth-order valence-corrected chi connectivity index (χ4v) is 3.60. The number of thiophene rings is 1. The average Bonchev–Trinajstić information content (AvgIpc) is 3.44. The summed E-state index contributed by atoms with van der Waals surface area (Å²) in [6, 6.07) is 13.5. The van der Waals surface area contributed by atoms with Gasteiger partial charge in [0.15, 0.2) is 5.82 Å². The predicted molar refractivity (Wildman–Crippen MR) is 102 cm³/mol. The second-order valence-corrected chi connectivity index (χ2v) is 6.65. The molecule has 0 saturated heterocycles. The van der Waals surface area contributed by atoms with Crippen LogP contribution in [0.5, 0.6) is 0 Å². The maximum atomic E-state index is 12.7. The Labute approximate surface area is 154 Å². The van der Waals surface area contributed by atoms with E-state index >= 15 is 0 Å². The molecule has 0 spiro atoms. The van der Waals surface area contributed by atoms with Gasteiger partial charge in [0.05, 0.1) is 12.5 Å². The van der Waals surface area contributed by atoms with Crippen LogP contribution in [0, 0.1) is 0 Å². The van der Waals surface area contributed by atoms with E-state index in [2.05, 4.69) is 36.5 Å². The molecule has 2 N–H and O–H groups in total. The van der Waals surface area contributed by atoms with Crippen LogP contribution in [0.4, 0.5) is 5.69 Å². The maximum Gasteiger partial charge on any atom is 0.226 e. The molecule has 3 heterocycles. The number of hydrogen-bond donors (Lipinski definition) is 2. The van der Waals surface area contributed by atoms with Crippen molar-refractivity contribution in [3.8, 4) is 11.4 Å². The number of hydrogen-bond acceptors (Lipinski definition) is 4. The predicted octanol–water partition coefficient (Wildman–Crippen LogP) is 3.95. The van der Waals surface area contributed by atoms with Gasteiger partial charge in [-0.15, -0.1) is 0 Å². The fourth-order valence-electron chi connectivity index (χ4n) is 2.89. The molecule has 0 saturated carbocycles. The standard InChI is InChI=1S/C19H17N5OS/c25-18(11-17(15-6-9-26-12-15)24-7-1-2-8-24)22-16-5-3-4-14(10-16)19-20-13-21-23-19/h1-10,12-13,17H,11H2,(H,22,25)(H,20,21,23). The van der Waals surface area contributed by atoms with Gasteiger partial charge >= 0.3 is 0 Å². The Morgan fingerprint density at radius 2 is 2.12 bits per heavy atom. The number of anilines is 1. The fraction of sp³-hybridized carbons (Fsp3) is 0.105. The number of aromatic amines is 1. The van der Waals surface area contributed by atoms with Gasteiger partial charge in [-0.2, -0.15) is 16.4 Å². The number of H-pyrrole nitrogens is 1. The SMILES string of the molecule is O=C(CC(c1ccsc1)n1cccc1)Nc1cccc(-c2ncn[nH]2)c1. The number of amides is 1. The van der Waals surface area contributed by atoms with Crippen molar-refractivity contribution in [2.24, 2.45) is 0 Å². The molecule has 7 heteroatoms. The zero-order valence-corrected chi connectivity index (χ0v) is 14.7. The zero-order chi connectivity index (χ0) is 17.8. The summed E-state index contributed by atoms with van der Waals surface area (Å²) in [5, 5.41) is 13.8. The van der Waals surface area contributed by atoms with Crippen molar-refractivity contribution in [2.75, 3.05) is 5.32 Å². The first kappa shape index (κ1) is 16.3. The van der Waals surface area contributed by atoms with Crippen molar-refractivity contribution >= 4 is 22.9 Å². The van der Waals surface area contributed by atoms with Crippen LogP contribution >= 0.6 is 11.3 Å². The number of nitrogens with one attached hydrogen (secondary N) is 2. The number of carbonyl (C=O) groups is 1. The van der Waals surface area contributed by atoms with Gasteiger partial charge in [-0.25, -0.2) is 4.98 Å². The molecule has 1 atom stereocenters. The van der Waals surface area contributed by atoms with E-state index in [0.717, 1.165) is 16.8 Å². The Morgan fingerprint density at radius 1 is 1.23 bits per heavy atom. The summed E-state index contributed by atoms with van der Waals surface area (Å²) >= 11 is 1.64. The summed E-state index contributed by atoms with van der Waals surface area (Å²) in [5.41, 5.74) is 2.75. The molecule has 26 heavy (non-hydrogen) atoms. The summed E-state index contributed by atoms with van der Waals surface area (Å²) in [6.07, 6.45) is 5.79. The Kier molecular flexibility index (Phi) is 4.61. The maximum absolute atomic E-state index is 12.7. The molecule has 0 aliphatic carbocycles. The molecule has 0 radical (unpaired) electrons. The van der Waals surface area contributed by atoms with Crippen molar-refractivity contribution in [3.05, 3.63) is 77.5 Å². The van der Waals surface area contributed by atoms with Gasteiger partial charge < -0.3 is 9.88 Å². The summed E-state index contributed by atoms with van der Waals surface area (Å²) in [5.74, 6) is 0.634. The normalized spacial score (nSPS) is 12.0. The molecule has 6 nitrogen and oxygen atoms in total. The number of rotatable bonds is 6. The first-order chi connectivity index (χ1) is 12.8. The molecule has 3 aromatic heterocycles. The minimum atomic E-state index is -0.0374. The topological polar surface area (TPSA) is 75.6 Å². The number of carbonyl (C=O) groups excluding carboxylic acids is 1. The van der Waals surface area contributed by atoms with Crippen molar-refractivity contribution in [2.45, 2.75) is 12.5 Å². The number of benzene rings is 1. The van der Waals surface area contributed by atoms with Crippen molar-refractivity contribution in [1.82, 2.24) is 19.7 Å². The third kappa shape index (κ3) is 3.57. The minimum Gasteiger partial charge on any atom is -0.346 e. The van der Waals surface area contributed by atoms with Crippen LogP contribution in [0.2, 0.25) is 0 Å². The Bertz CT molecular complexity index is 927. The van der Waals surface area contributed by atoms with Gasteiger partial charge in [0, 0.05) is 23.6 Å². The molecular formula is C19H17N5OS. The van der Waals surface area contributed by atoms with Crippen molar-refractivity contribution < 1.29 is 4.79 Å². The van der Waals surface area contributed by atoms with Crippen LogP contribution in [0.3, 0.4) is 0 Å². The molecule has 1 aromatic carbocycles. The van der Waals surface area contributed by atoms with Gasteiger partial charge in [0.25, 0.3) is 0 Å². The summed E-state index contributed by atoms with van der Waals surface area (Å²) < 4.78 is 2.06. The molecule has 1 amide bonds. The molecule has 0 aliphatic rings. The smallest absolute Gasteiger partial charge is 0.226 e. The van der Waals surface area contributed by atoms with Gasteiger partial charge in [-0.05, 0) is 46.7 Å². The van der Waals surface area contributed by atoms with Gasteiger partial charge in [-0.1, -0.05) is 12.1 Å². The van der Waals surface area contributed by atoms with Crippen LogP contribution in [-0.4, -0.2) is 25.7 Å². The van der Waals surface area contributed by atoms with E-state index in [4.69, 9.17) is 0 Å². The molecule has 4 aromatic rings. The molecule has 1 unspecified atom stereocenters. The van der Waals surface area contributed by atoms with Crippen molar-refractivity contribution in [1.29, 1.82) is 0 Å². The van der Waals surface area contributed by atoms with E-state index in [-0.39, 0.29) is 11.9 Å². The van der Waals surface area contributed by atoms with E-state index in [9.17, 15) is 4.79 Å². The van der Waals surface area contributed by atoms with E-state index in [1.165, 1.54) is 6.33 Å². The van der Waals surface area contributed by atoms with Gasteiger partial charge in [0.1, 0.15) is 6.33 Å². The van der Waals surface area contributed by atoms with Crippen LogP contribution in [0.25, 0.3) is 11.4 Å². The zero-order valence-electron chi connectivity index (χ0n) is 13.9. The second kappa shape index (κ2) is 7.37. The highest BCUT2D eigenvalue weighted by molar-refractivity contribution is 7.08. The summed E-state index contributed by atoms with van der Waals surface area (Å²) in [7, 11) is 0. The lowest BCUT2D eigenvalue weighted by Gasteiger charge is -2.18. The van der Waals surface area contributed by atoms with E-state index in [1.807, 2.05) is 54.2 Å². The second-order valence-electron chi connectivity index (χ2n) is 5.87. The molecule has 130 valence electrons. The highest BCUT2D eigenvalue weighted by atomic mass is 32.1. The Hall–Kier alpha value is -3.19. The first-order valence-corrected chi connectivity index (χ1v) is 9.14. The third-order valence-electron chi connectivity index (χ3n) is 4.13. The highest BCUT2D eigenvalue weighted by Crippen LogP contribution is 2.25. The third-order valence-corrected chi connectivity index (χ3v) is 4.83. The largest absolute Gasteiger partial charge is 0.346 e. The average molecular weight is 363 g/mol. The quantitative estimate of drug-likeness (QED) is 0.544. The van der Waals surface area contributed by atoms with Gasteiger partial charge in [0.2, 0.25) is 5.91 Å². The minimum absolute atomic E-state index is 0.0197. The summed E-state index contributed by atoms with van der Waals surface area (Å²) in [4.78, 5) is 16.8. The lowest BCUT2D eigenvalue weighted by molar-refractivity contribution is -0.116. The molecule has 0 aliphatic heterocycles. The first-order valence-electron chi connectivity index (χ1n) is 8.20. The van der Waals surface area contributed by atoms with Crippen LogP contribution in [0.15, 0.2) is 71.9 Å². The van der Waals surface area contributed by atoms with Gasteiger partial charge in [-0.3, -0.25) is 9.89 Å². The number of aromatic nitrogens is 4. The van der Waals surface area contributed by atoms with Crippen LogP contribution in [0.1, 0.15) is 18.0 Å². The van der Waals surface area contributed by atoms with Crippen molar-refractivity contribution in [3.63, 3.8) is 0 Å². The summed E-state index contributed by atoms with van der Waals surface area (Å²) in [6.45, 7) is 0. The van der Waals surface area contributed by atoms with Crippen LogP contribution < -0.4 is 5.32 Å². The van der Waals surface area contributed by atoms with E-state index in [0.29, 0.717) is 12.2 Å². The van der Waals surface area contributed by atoms with E-state index < -0.39 is 0 Å². The molecule has 4 rings (SSSR count). The lowest BCUT2D eigenvalue weighted by atomic mass is 10.1. The molecule has 0 fully saturated rings. The number of nitrogens with zero attached hydrogens (tertiary/aromatic N) is 3. The molecule has 0 bridgehead atoms. The van der Waals surface area contributed by atoms with E-state index in [1.54, 1.807) is 11.3 Å². The lowest BCUT2D eigenvalue weighted by Crippen LogP contribution is -2.19. The highest BCUT2D eigenvalue weighted by Gasteiger charge is 2.18. The van der Waals surface area contributed by atoms with Crippen LogP contribution in [-0.2, 0) is 4.79 Å².